The maximum absolute atomic E-state index is 12.4. The summed E-state index contributed by atoms with van der Waals surface area (Å²) in [6, 6.07) is 0.137. The van der Waals surface area contributed by atoms with Gasteiger partial charge in [-0.05, 0) is 11.6 Å². The van der Waals surface area contributed by atoms with Crippen molar-refractivity contribution < 1.29 is 28.0 Å². The van der Waals surface area contributed by atoms with Crippen LogP contribution in [0.15, 0.2) is 18.2 Å². The third-order valence-corrected chi connectivity index (χ3v) is 2.15. The highest BCUT2D eigenvalue weighted by molar-refractivity contribution is 5.75. The van der Waals surface area contributed by atoms with Gasteiger partial charge in [-0.2, -0.15) is 13.2 Å². The second-order valence-corrected chi connectivity index (χ2v) is 3.35. The highest BCUT2D eigenvalue weighted by Crippen LogP contribution is 2.37. The highest BCUT2D eigenvalue weighted by Gasteiger charge is 2.38. The van der Waals surface area contributed by atoms with Crippen LogP contribution >= 0.6 is 0 Å². The lowest BCUT2D eigenvalue weighted by molar-refractivity contribution is -0.388. The summed E-state index contributed by atoms with van der Waals surface area (Å²) in [5.74, 6) is -1.50. The first-order valence-corrected chi connectivity index (χ1v) is 4.48. The average molecular weight is 264 g/mol. The van der Waals surface area contributed by atoms with Crippen molar-refractivity contribution in [2.24, 2.45) is 5.73 Å². The number of benzene rings is 1. The van der Waals surface area contributed by atoms with E-state index in [0.717, 1.165) is 6.07 Å². The molecule has 0 heterocycles. The molecule has 0 aliphatic heterocycles. The number of nitro benzene ring substituents is 1. The number of rotatable bonds is 3. The number of halogens is 3. The Morgan fingerprint density at radius 2 is 2.00 bits per heavy atom. The highest BCUT2D eigenvalue weighted by atomic mass is 19.4. The van der Waals surface area contributed by atoms with Crippen LogP contribution in [0.4, 0.5) is 18.9 Å². The molecule has 0 bridgehead atoms. The zero-order valence-corrected chi connectivity index (χ0v) is 8.64. The molecule has 1 rings (SSSR count). The third kappa shape index (κ3) is 2.74. The van der Waals surface area contributed by atoms with Crippen LogP contribution in [-0.2, 0) is 11.0 Å². The zero-order chi connectivity index (χ0) is 14.1. The van der Waals surface area contributed by atoms with E-state index < -0.39 is 34.4 Å². The number of nitro groups is 1. The molecular weight excluding hydrogens is 257 g/mol. The van der Waals surface area contributed by atoms with Crippen molar-refractivity contribution in [3.8, 4) is 0 Å². The Bertz CT molecular complexity index is 501. The van der Waals surface area contributed by atoms with Gasteiger partial charge in [0.05, 0.1) is 4.92 Å². The molecule has 18 heavy (non-hydrogen) atoms. The Labute approximate surface area is 98.0 Å². The van der Waals surface area contributed by atoms with Gasteiger partial charge in [0.1, 0.15) is 11.6 Å². The SMILES string of the molecule is N[C@H](C(=O)O)c1ccc(C(F)(F)F)c([N+](=O)[O-])c1. The zero-order valence-electron chi connectivity index (χ0n) is 8.64. The second-order valence-electron chi connectivity index (χ2n) is 3.35. The predicted octanol–water partition coefficient (Wildman–Crippen LogP) is 1.70. The lowest BCUT2D eigenvalue weighted by atomic mass is 10.0. The Balaban J connectivity index is 3.37. The third-order valence-electron chi connectivity index (χ3n) is 2.15. The number of nitrogens with two attached hydrogens (primary N) is 1. The fourth-order valence-electron chi connectivity index (χ4n) is 1.28. The molecule has 1 aromatic rings. The first-order valence-electron chi connectivity index (χ1n) is 4.48. The minimum atomic E-state index is -4.89. The van der Waals surface area contributed by atoms with Gasteiger partial charge >= 0.3 is 12.1 Å². The first-order chi connectivity index (χ1) is 8.14. The molecule has 9 heteroatoms. The van der Waals surface area contributed by atoms with Crippen LogP contribution in [0.1, 0.15) is 17.2 Å². The Hall–Kier alpha value is -2.16. The lowest BCUT2D eigenvalue weighted by Crippen LogP contribution is -2.21. The van der Waals surface area contributed by atoms with Gasteiger partial charge < -0.3 is 10.8 Å². The molecule has 0 amide bonds. The second kappa shape index (κ2) is 4.61. The Kier molecular flexibility index (Phi) is 3.56. The summed E-state index contributed by atoms with van der Waals surface area (Å²) in [5.41, 5.74) is 2.21. The van der Waals surface area contributed by atoms with Gasteiger partial charge in [-0.15, -0.1) is 0 Å². The molecule has 1 atom stereocenters. The predicted molar refractivity (Wildman–Crippen MR) is 52.7 cm³/mol. The van der Waals surface area contributed by atoms with Gasteiger partial charge in [-0.3, -0.25) is 14.9 Å². The maximum atomic E-state index is 12.4. The van der Waals surface area contributed by atoms with E-state index in [-0.39, 0.29) is 5.56 Å². The van der Waals surface area contributed by atoms with E-state index in [2.05, 4.69) is 0 Å². The summed E-state index contributed by atoms with van der Waals surface area (Å²) in [6.07, 6.45) is -4.89. The van der Waals surface area contributed by atoms with Crippen molar-refractivity contribution in [1.82, 2.24) is 0 Å². The topological polar surface area (TPSA) is 106 Å². The summed E-state index contributed by atoms with van der Waals surface area (Å²) in [5, 5.41) is 19.1. The fourth-order valence-corrected chi connectivity index (χ4v) is 1.28. The van der Waals surface area contributed by atoms with Crippen molar-refractivity contribution >= 4 is 11.7 Å². The summed E-state index contributed by atoms with van der Waals surface area (Å²) < 4.78 is 37.3. The van der Waals surface area contributed by atoms with E-state index >= 15 is 0 Å². The van der Waals surface area contributed by atoms with Gasteiger partial charge in [0.15, 0.2) is 0 Å². The number of aliphatic carboxylic acids is 1. The summed E-state index contributed by atoms with van der Waals surface area (Å²) in [6.45, 7) is 0. The van der Waals surface area contributed by atoms with Crippen LogP contribution in [0.3, 0.4) is 0 Å². The summed E-state index contributed by atoms with van der Waals surface area (Å²) in [7, 11) is 0. The van der Waals surface area contributed by atoms with Crippen molar-refractivity contribution in [3.05, 3.63) is 39.4 Å². The average Bonchev–Trinajstić information content (AvgIpc) is 2.25. The lowest BCUT2D eigenvalue weighted by Gasteiger charge is -2.10. The minimum Gasteiger partial charge on any atom is -0.480 e. The number of carbonyl (C=O) groups is 1. The number of carboxylic acid groups (broad SMARTS) is 1. The van der Waals surface area contributed by atoms with E-state index in [1.54, 1.807) is 0 Å². The van der Waals surface area contributed by atoms with Crippen molar-refractivity contribution in [3.63, 3.8) is 0 Å². The molecule has 0 spiro atoms. The van der Waals surface area contributed by atoms with Gasteiger partial charge in [-0.25, -0.2) is 0 Å². The largest absolute Gasteiger partial charge is 0.480 e. The van der Waals surface area contributed by atoms with E-state index in [0.29, 0.717) is 12.1 Å². The minimum absolute atomic E-state index is 0.276. The van der Waals surface area contributed by atoms with Gasteiger partial charge in [0, 0.05) is 6.07 Å². The van der Waals surface area contributed by atoms with Crippen molar-refractivity contribution in [2.45, 2.75) is 12.2 Å². The smallest absolute Gasteiger partial charge is 0.422 e. The molecule has 0 radical (unpaired) electrons. The number of hydrogen-bond donors (Lipinski definition) is 2. The van der Waals surface area contributed by atoms with Crippen LogP contribution in [0, 0.1) is 10.1 Å². The normalized spacial score (nSPS) is 13.1. The molecule has 0 aliphatic carbocycles. The standard InChI is InChI=1S/C9H7F3N2O4/c10-9(11,12)5-2-1-4(7(13)8(15)16)3-6(5)14(17)18/h1-3,7H,13H2,(H,15,16)/t7-/m0/s1. The summed E-state index contributed by atoms with van der Waals surface area (Å²) in [4.78, 5) is 19.8. The van der Waals surface area contributed by atoms with Crippen LogP contribution in [0.25, 0.3) is 0 Å². The number of hydrogen-bond acceptors (Lipinski definition) is 4. The van der Waals surface area contributed by atoms with E-state index in [9.17, 15) is 28.1 Å². The number of alkyl halides is 3. The Morgan fingerprint density at radius 1 is 1.44 bits per heavy atom. The molecule has 0 saturated carbocycles. The molecule has 6 nitrogen and oxygen atoms in total. The van der Waals surface area contributed by atoms with Crippen LogP contribution < -0.4 is 5.73 Å². The summed E-state index contributed by atoms with van der Waals surface area (Å²) >= 11 is 0. The van der Waals surface area contributed by atoms with Crippen molar-refractivity contribution in [1.29, 1.82) is 0 Å². The van der Waals surface area contributed by atoms with Crippen molar-refractivity contribution in [2.75, 3.05) is 0 Å². The molecule has 0 aliphatic rings. The van der Waals surface area contributed by atoms with Gasteiger partial charge in [0.2, 0.25) is 0 Å². The van der Waals surface area contributed by atoms with Crippen LogP contribution in [0.2, 0.25) is 0 Å². The van der Waals surface area contributed by atoms with Crippen LogP contribution in [0.5, 0.6) is 0 Å². The molecular formula is C9H7F3N2O4. The van der Waals surface area contributed by atoms with Crippen LogP contribution in [-0.4, -0.2) is 16.0 Å². The van der Waals surface area contributed by atoms with E-state index in [4.69, 9.17) is 10.8 Å². The monoisotopic (exact) mass is 264 g/mol. The number of nitrogens with zero attached hydrogens (tertiary/aromatic N) is 1. The first kappa shape index (κ1) is 13.9. The maximum Gasteiger partial charge on any atom is 0.422 e. The number of carboxylic acids is 1. The quantitative estimate of drug-likeness (QED) is 0.638. The molecule has 0 unspecified atom stereocenters. The molecule has 98 valence electrons. The fraction of sp³-hybridized carbons (Fsp3) is 0.222. The molecule has 3 N–H and O–H groups in total. The van der Waals surface area contributed by atoms with E-state index in [1.807, 2.05) is 0 Å². The van der Waals surface area contributed by atoms with E-state index in [1.165, 1.54) is 0 Å². The Morgan fingerprint density at radius 3 is 2.39 bits per heavy atom. The molecule has 0 fully saturated rings. The van der Waals surface area contributed by atoms with Gasteiger partial charge in [0.25, 0.3) is 5.69 Å². The molecule has 1 aromatic carbocycles. The van der Waals surface area contributed by atoms with Gasteiger partial charge in [-0.1, -0.05) is 6.07 Å². The molecule has 0 aromatic heterocycles. The molecule has 0 saturated heterocycles.